The summed E-state index contributed by atoms with van der Waals surface area (Å²) in [6, 6.07) is 7.63. The highest BCUT2D eigenvalue weighted by molar-refractivity contribution is 7.99. The smallest absolute Gasteiger partial charge is 0.279 e. The zero-order valence-electron chi connectivity index (χ0n) is 16.2. The number of aromatic nitrogens is 2. The summed E-state index contributed by atoms with van der Waals surface area (Å²) in [5.41, 5.74) is 1.14. The molecule has 1 N–H and O–H groups in total. The third-order valence-corrected chi connectivity index (χ3v) is 5.71. The molecule has 0 spiro atoms. The molecule has 0 saturated carbocycles. The van der Waals surface area contributed by atoms with Crippen LogP contribution in [0.4, 0.5) is 5.82 Å². The molecule has 0 unspecified atom stereocenters. The van der Waals surface area contributed by atoms with E-state index in [1.165, 1.54) is 11.8 Å². The lowest BCUT2D eigenvalue weighted by molar-refractivity contribution is -0.116. The van der Waals surface area contributed by atoms with Gasteiger partial charge in [-0.15, -0.1) is 6.58 Å². The molecule has 1 atom stereocenters. The molecule has 2 aromatic rings. The predicted molar refractivity (Wildman–Crippen MR) is 112 cm³/mol. The van der Waals surface area contributed by atoms with Crippen LogP contribution in [-0.2, 0) is 11.8 Å². The van der Waals surface area contributed by atoms with Crippen molar-refractivity contribution in [3.63, 3.8) is 0 Å². The number of unbranched alkanes of at least 4 members (excludes halogenated alkanes) is 1. The SMILES string of the molecule is C=CCSc1nc(=O)c2c(n1C)NC(=O)C[C@@H]2c1ccc(OCCCC)cc1. The number of nitrogens with one attached hydrogen (secondary N) is 1. The second-order valence-corrected chi connectivity index (χ2v) is 7.68. The highest BCUT2D eigenvalue weighted by atomic mass is 32.2. The minimum absolute atomic E-state index is 0.110. The normalized spacial score (nSPS) is 15.6. The van der Waals surface area contributed by atoms with Crippen molar-refractivity contribution >= 4 is 23.5 Å². The van der Waals surface area contributed by atoms with E-state index in [1.54, 1.807) is 10.6 Å². The summed E-state index contributed by atoms with van der Waals surface area (Å²) in [5.74, 6) is 1.52. The van der Waals surface area contributed by atoms with Crippen molar-refractivity contribution in [2.45, 2.75) is 37.3 Å². The molecule has 6 nitrogen and oxygen atoms in total. The number of nitrogens with zero attached hydrogens (tertiary/aromatic N) is 2. The molecule has 0 radical (unpaired) electrons. The van der Waals surface area contributed by atoms with Crippen LogP contribution in [0.15, 0.2) is 46.9 Å². The average molecular weight is 400 g/mol. The second kappa shape index (κ2) is 9.10. The Hall–Kier alpha value is -2.54. The number of benzene rings is 1. The van der Waals surface area contributed by atoms with Crippen molar-refractivity contribution in [1.82, 2.24) is 9.55 Å². The van der Waals surface area contributed by atoms with Gasteiger partial charge in [0.1, 0.15) is 11.6 Å². The lowest BCUT2D eigenvalue weighted by Crippen LogP contribution is -2.33. The van der Waals surface area contributed by atoms with Gasteiger partial charge in [0.05, 0.1) is 12.2 Å². The number of carbonyl (C=O) groups is 1. The standard InChI is InChI=1S/C21H25N3O3S/c1-4-6-11-27-15-9-7-14(8-10-15)16-13-17(25)22-19-18(16)20(26)23-21(24(19)3)28-12-5-2/h5,7-10,16H,2,4,6,11-13H2,1,3H3,(H,22,25)/t16-/m1/s1. The topological polar surface area (TPSA) is 73.2 Å². The zero-order valence-corrected chi connectivity index (χ0v) is 17.1. The van der Waals surface area contributed by atoms with Crippen LogP contribution >= 0.6 is 11.8 Å². The summed E-state index contributed by atoms with van der Waals surface area (Å²) >= 11 is 1.41. The molecule has 1 aliphatic rings. The molecule has 0 fully saturated rings. The fourth-order valence-electron chi connectivity index (χ4n) is 3.21. The van der Waals surface area contributed by atoms with Crippen LogP contribution in [0, 0.1) is 0 Å². The molecule has 0 aliphatic carbocycles. The Morgan fingerprint density at radius 1 is 1.36 bits per heavy atom. The van der Waals surface area contributed by atoms with Crippen molar-refractivity contribution in [2.24, 2.45) is 7.05 Å². The van der Waals surface area contributed by atoms with Gasteiger partial charge in [0.2, 0.25) is 5.91 Å². The van der Waals surface area contributed by atoms with Crippen molar-refractivity contribution in [3.05, 3.63) is 58.4 Å². The number of thioether (sulfide) groups is 1. The summed E-state index contributed by atoms with van der Waals surface area (Å²) in [5, 5.41) is 3.41. The third kappa shape index (κ3) is 4.30. The quantitative estimate of drug-likeness (QED) is 0.317. The van der Waals surface area contributed by atoms with Gasteiger partial charge in [-0.05, 0) is 24.1 Å². The van der Waals surface area contributed by atoms with E-state index in [9.17, 15) is 9.59 Å². The van der Waals surface area contributed by atoms with Gasteiger partial charge in [-0.2, -0.15) is 4.98 Å². The maximum atomic E-state index is 12.8. The van der Waals surface area contributed by atoms with Crippen molar-refractivity contribution in [2.75, 3.05) is 17.7 Å². The first-order valence-corrected chi connectivity index (χ1v) is 10.4. The molecule has 1 aliphatic heterocycles. The van der Waals surface area contributed by atoms with Crippen molar-refractivity contribution in [3.8, 4) is 5.75 Å². The van der Waals surface area contributed by atoms with E-state index in [-0.39, 0.29) is 23.8 Å². The van der Waals surface area contributed by atoms with Crippen LogP contribution < -0.4 is 15.6 Å². The Balaban J connectivity index is 1.94. The minimum Gasteiger partial charge on any atom is -0.494 e. The predicted octanol–water partition coefficient (Wildman–Crippen LogP) is 3.71. The van der Waals surface area contributed by atoms with E-state index in [1.807, 2.05) is 31.3 Å². The maximum Gasteiger partial charge on any atom is 0.279 e. The minimum atomic E-state index is -0.321. The monoisotopic (exact) mass is 399 g/mol. The first-order valence-electron chi connectivity index (χ1n) is 9.42. The highest BCUT2D eigenvalue weighted by Crippen LogP contribution is 2.36. The van der Waals surface area contributed by atoms with E-state index < -0.39 is 0 Å². The number of ether oxygens (including phenoxy) is 1. The molecule has 0 saturated heterocycles. The molecule has 0 bridgehead atoms. The van der Waals surface area contributed by atoms with E-state index >= 15 is 0 Å². The van der Waals surface area contributed by atoms with E-state index in [0.717, 1.165) is 24.2 Å². The number of amides is 1. The number of carbonyl (C=O) groups excluding carboxylic acids is 1. The van der Waals surface area contributed by atoms with E-state index in [0.29, 0.717) is 28.9 Å². The Labute approximate surface area is 169 Å². The fraction of sp³-hybridized carbons (Fsp3) is 0.381. The average Bonchev–Trinajstić information content (AvgIpc) is 2.69. The van der Waals surface area contributed by atoms with Crippen LogP contribution in [-0.4, -0.2) is 27.8 Å². The molecule has 1 aromatic carbocycles. The van der Waals surface area contributed by atoms with Crippen molar-refractivity contribution < 1.29 is 9.53 Å². The lowest BCUT2D eigenvalue weighted by atomic mass is 9.87. The third-order valence-electron chi connectivity index (χ3n) is 4.68. The van der Waals surface area contributed by atoms with Gasteiger partial charge < -0.3 is 14.6 Å². The number of fused-ring (bicyclic) bond motifs is 1. The summed E-state index contributed by atoms with van der Waals surface area (Å²) in [4.78, 5) is 29.4. The van der Waals surface area contributed by atoms with Gasteiger partial charge in [0.15, 0.2) is 5.16 Å². The van der Waals surface area contributed by atoms with Gasteiger partial charge >= 0.3 is 0 Å². The molecule has 1 amide bonds. The van der Waals surface area contributed by atoms with Crippen LogP contribution in [0.2, 0.25) is 0 Å². The largest absolute Gasteiger partial charge is 0.494 e. The molecule has 2 heterocycles. The van der Waals surface area contributed by atoms with Crippen LogP contribution in [0.5, 0.6) is 5.75 Å². The summed E-state index contributed by atoms with van der Waals surface area (Å²) in [6.07, 6.45) is 4.06. The zero-order chi connectivity index (χ0) is 20.1. The Morgan fingerprint density at radius 3 is 2.79 bits per heavy atom. The summed E-state index contributed by atoms with van der Waals surface area (Å²) < 4.78 is 7.48. The first-order chi connectivity index (χ1) is 13.5. The van der Waals surface area contributed by atoms with Crippen LogP contribution in [0.25, 0.3) is 0 Å². The Morgan fingerprint density at radius 2 is 2.11 bits per heavy atom. The summed E-state index contributed by atoms with van der Waals surface area (Å²) in [6.45, 7) is 6.49. The molecule has 1 aromatic heterocycles. The van der Waals surface area contributed by atoms with Gasteiger partial charge in [-0.25, -0.2) is 0 Å². The first kappa shape index (κ1) is 20.2. The molecular formula is C21H25N3O3S. The maximum absolute atomic E-state index is 12.8. The van der Waals surface area contributed by atoms with Crippen LogP contribution in [0.1, 0.15) is 43.2 Å². The number of hydrogen-bond donors (Lipinski definition) is 1. The molecular weight excluding hydrogens is 374 g/mol. The van der Waals surface area contributed by atoms with Gasteiger partial charge in [0.25, 0.3) is 5.56 Å². The molecule has 148 valence electrons. The summed E-state index contributed by atoms with van der Waals surface area (Å²) in [7, 11) is 1.81. The Bertz CT molecular complexity index is 922. The Kier molecular flexibility index (Phi) is 6.57. The number of anilines is 1. The highest BCUT2D eigenvalue weighted by Gasteiger charge is 2.32. The van der Waals surface area contributed by atoms with E-state index in [4.69, 9.17) is 4.74 Å². The van der Waals surface area contributed by atoms with E-state index in [2.05, 4.69) is 23.8 Å². The molecule has 7 heteroatoms. The second-order valence-electron chi connectivity index (χ2n) is 6.70. The fourth-order valence-corrected chi connectivity index (χ4v) is 3.91. The molecule has 28 heavy (non-hydrogen) atoms. The van der Waals surface area contributed by atoms with Crippen molar-refractivity contribution in [1.29, 1.82) is 0 Å². The van der Waals surface area contributed by atoms with Gasteiger partial charge in [-0.3, -0.25) is 9.59 Å². The lowest BCUT2D eigenvalue weighted by Gasteiger charge is -2.27. The van der Waals surface area contributed by atoms with Crippen LogP contribution in [0.3, 0.4) is 0 Å². The number of hydrogen-bond acceptors (Lipinski definition) is 5. The molecule has 3 rings (SSSR count). The van der Waals surface area contributed by atoms with Gasteiger partial charge in [-0.1, -0.05) is 43.3 Å². The van der Waals surface area contributed by atoms with Gasteiger partial charge in [0, 0.05) is 25.1 Å². The number of rotatable bonds is 8.